The Hall–Kier alpha value is -3.52. The molecule has 3 aromatic carbocycles. The van der Waals surface area contributed by atoms with E-state index in [2.05, 4.69) is 10.0 Å². The minimum Gasteiger partial charge on any atom is -0.497 e. The fourth-order valence-electron chi connectivity index (χ4n) is 3.01. The number of carbonyl (C=O) groups excluding carboxylic acids is 1. The summed E-state index contributed by atoms with van der Waals surface area (Å²) in [6.45, 7) is 3.72. The summed E-state index contributed by atoms with van der Waals surface area (Å²) < 4.78 is 38.2. The Morgan fingerprint density at radius 1 is 0.871 bits per heavy atom. The quantitative estimate of drug-likeness (QED) is 0.549. The van der Waals surface area contributed by atoms with Crippen LogP contribution in [0.2, 0.25) is 0 Å². The molecule has 8 heteroatoms. The van der Waals surface area contributed by atoms with Gasteiger partial charge in [0.05, 0.1) is 17.7 Å². The predicted molar refractivity (Wildman–Crippen MR) is 120 cm³/mol. The molecule has 3 aromatic rings. The van der Waals surface area contributed by atoms with Crippen molar-refractivity contribution in [3.05, 3.63) is 77.9 Å². The Bertz CT molecular complexity index is 1150. The summed E-state index contributed by atoms with van der Waals surface area (Å²) in [6.07, 6.45) is 0. The zero-order valence-electron chi connectivity index (χ0n) is 17.5. The molecule has 0 fully saturated rings. The summed E-state index contributed by atoms with van der Waals surface area (Å²) in [5, 5.41) is 2.79. The van der Waals surface area contributed by atoms with Gasteiger partial charge < -0.3 is 14.8 Å². The van der Waals surface area contributed by atoms with Gasteiger partial charge in [0, 0.05) is 11.8 Å². The molecule has 0 aliphatic rings. The number of nitrogens with one attached hydrogen (secondary N) is 2. The van der Waals surface area contributed by atoms with E-state index >= 15 is 0 Å². The SMILES string of the molecule is COc1cccc(NS(=O)(=O)c2ccc(OCC(=O)Nc3cc(C)cc(C)c3)cc2)c1. The molecule has 162 valence electrons. The van der Waals surface area contributed by atoms with E-state index in [1.54, 1.807) is 24.3 Å². The molecule has 7 nitrogen and oxygen atoms in total. The van der Waals surface area contributed by atoms with Crippen LogP contribution in [0.1, 0.15) is 11.1 Å². The summed E-state index contributed by atoms with van der Waals surface area (Å²) in [6, 6.07) is 18.2. The second-order valence-corrected chi connectivity index (χ2v) is 8.70. The summed E-state index contributed by atoms with van der Waals surface area (Å²) in [7, 11) is -2.27. The van der Waals surface area contributed by atoms with Crippen LogP contribution in [0.4, 0.5) is 11.4 Å². The van der Waals surface area contributed by atoms with Gasteiger partial charge in [0.15, 0.2) is 6.61 Å². The smallest absolute Gasteiger partial charge is 0.262 e. The molecule has 0 aliphatic heterocycles. The normalized spacial score (nSPS) is 10.9. The maximum atomic E-state index is 12.6. The van der Waals surface area contributed by atoms with Crippen LogP contribution < -0.4 is 19.5 Å². The molecule has 0 atom stereocenters. The Morgan fingerprint density at radius 3 is 2.19 bits per heavy atom. The van der Waals surface area contributed by atoms with Crippen LogP contribution in [0.3, 0.4) is 0 Å². The number of sulfonamides is 1. The lowest BCUT2D eigenvalue weighted by Crippen LogP contribution is -2.20. The summed E-state index contributed by atoms with van der Waals surface area (Å²) in [5.41, 5.74) is 3.20. The lowest BCUT2D eigenvalue weighted by atomic mass is 10.1. The van der Waals surface area contributed by atoms with Crippen molar-refractivity contribution in [3.8, 4) is 11.5 Å². The topological polar surface area (TPSA) is 93.7 Å². The van der Waals surface area contributed by atoms with E-state index in [9.17, 15) is 13.2 Å². The zero-order chi connectivity index (χ0) is 22.4. The van der Waals surface area contributed by atoms with Crippen molar-refractivity contribution in [1.29, 1.82) is 0 Å². The molecule has 0 aliphatic carbocycles. The summed E-state index contributed by atoms with van der Waals surface area (Å²) in [5.74, 6) is 0.625. The minimum absolute atomic E-state index is 0.0716. The van der Waals surface area contributed by atoms with Crippen molar-refractivity contribution in [2.45, 2.75) is 18.7 Å². The number of aryl methyl sites for hydroxylation is 2. The number of methoxy groups -OCH3 is 1. The lowest BCUT2D eigenvalue weighted by molar-refractivity contribution is -0.118. The molecule has 0 radical (unpaired) electrons. The third-order valence-corrected chi connectivity index (χ3v) is 5.73. The van der Waals surface area contributed by atoms with Crippen LogP contribution in [0.5, 0.6) is 11.5 Å². The second kappa shape index (κ2) is 9.53. The molecule has 1 amide bonds. The van der Waals surface area contributed by atoms with E-state index in [1.807, 2.05) is 32.0 Å². The van der Waals surface area contributed by atoms with Gasteiger partial charge in [-0.1, -0.05) is 12.1 Å². The molecular formula is C23H24N2O5S. The fourth-order valence-corrected chi connectivity index (χ4v) is 4.06. The van der Waals surface area contributed by atoms with Gasteiger partial charge in [0.2, 0.25) is 0 Å². The Balaban J connectivity index is 1.59. The van der Waals surface area contributed by atoms with Gasteiger partial charge in [-0.3, -0.25) is 9.52 Å². The standard InChI is InChI=1S/C23H24N2O5S/c1-16-11-17(2)13-19(12-16)24-23(26)15-30-20-7-9-22(10-8-20)31(27,28)25-18-5-4-6-21(14-18)29-3/h4-14,25H,15H2,1-3H3,(H,24,26). The number of benzene rings is 3. The fraction of sp³-hybridized carbons (Fsp3) is 0.174. The number of hydrogen-bond acceptors (Lipinski definition) is 5. The lowest BCUT2D eigenvalue weighted by Gasteiger charge is -2.11. The van der Waals surface area contributed by atoms with Gasteiger partial charge in [-0.2, -0.15) is 0 Å². The third-order valence-electron chi connectivity index (χ3n) is 4.33. The van der Waals surface area contributed by atoms with E-state index in [4.69, 9.17) is 9.47 Å². The maximum absolute atomic E-state index is 12.6. The van der Waals surface area contributed by atoms with Crippen molar-refractivity contribution in [2.75, 3.05) is 23.8 Å². The molecule has 0 saturated heterocycles. The first-order chi connectivity index (χ1) is 14.7. The van der Waals surface area contributed by atoms with Crippen LogP contribution in [0.15, 0.2) is 71.6 Å². The van der Waals surface area contributed by atoms with E-state index in [1.165, 1.54) is 31.4 Å². The molecule has 0 unspecified atom stereocenters. The molecule has 2 N–H and O–H groups in total. The van der Waals surface area contributed by atoms with E-state index < -0.39 is 10.0 Å². The van der Waals surface area contributed by atoms with Crippen LogP contribution >= 0.6 is 0 Å². The minimum atomic E-state index is -3.78. The van der Waals surface area contributed by atoms with Gasteiger partial charge in [-0.05, 0) is 73.5 Å². The molecule has 0 saturated carbocycles. The third kappa shape index (κ3) is 6.23. The van der Waals surface area contributed by atoms with Crippen molar-refractivity contribution < 1.29 is 22.7 Å². The van der Waals surface area contributed by atoms with Crippen molar-refractivity contribution >= 4 is 27.3 Å². The van der Waals surface area contributed by atoms with Crippen molar-refractivity contribution in [3.63, 3.8) is 0 Å². The molecule has 0 bridgehead atoms. The number of amides is 1. The van der Waals surface area contributed by atoms with E-state index in [-0.39, 0.29) is 17.4 Å². The van der Waals surface area contributed by atoms with E-state index in [0.29, 0.717) is 22.9 Å². The number of hydrogen-bond donors (Lipinski definition) is 2. The number of rotatable bonds is 8. The van der Waals surface area contributed by atoms with Crippen LogP contribution in [-0.2, 0) is 14.8 Å². The average Bonchev–Trinajstić information content (AvgIpc) is 2.71. The highest BCUT2D eigenvalue weighted by atomic mass is 32.2. The Labute approximate surface area is 182 Å². The van der Waals surface area contributed by atoms with Crippen LogP contribution in [0, 0.1) is 13.8 Å². The first-order valence-electron chi connectivity index (χ1n) is 9.53. The Kier molecular flexibility index (Phi) is 6.81. The van der Waals surface area contributed by atoms with Crippen molar-refractivity contribution in [2.24, 2.45) is 0 Å². The first-order valence-corrected chi connectivity index (χ1v) is 11.0. The Morgan fingerprint density at radius 2 is 1.55 bits per heavy atom. The zero-order valence-corrected chi connectivity index (χ0v) is 18.3. The van der Waals surface area contributed by atoms with Gasteiger partial charge in [-0.15, -0.1) is 0 Å². The van der Waals surface area contributed by atoms with Gasteiger partial charge in [0.25, 0.3) is 15.9 Å². The molecule has 0 spiro atoms. The second-order valence-electron chi connectivity index (χ2n) is 7.02. The summed E-state index contributed by atoms with van der Waals surface area (Å²) >= 11 is 0. The average molecular weight is 441 g/mol. The highest BCUT2D eigenvalue weighted by molar-refractivity contribution is 7.92. The van der Waals surface area contributed by atoms with E-state index in [0.717, 1.165) is 11.1 Å². The maximum Gasteiger partial charge on any atom is 0.262 e. The highest BCUT2D eigenvalue weighted by Gasteiger charge is 2.15. The van der Waals surface area contributed by atoms with Crippen molar-refractivity contribution in [1.82, 2.24) is 0 Å². The molecule has 0 heterocycles. The molecule has 31 heavy (non-hydrogen) atoms. The van der Waals surface area contributed by atoms with Crippen LogP contribution in [0.25, 0.3) is 0 Å². The molecule has 0 aromatic heterocycles. The van der Waals surface area contributed by atoms with Gasteiger partial charge in [-0.25, -0.2) is 8.42 Å². The molecular weight excluding hydrogens is 416 g/mol. The largest absolute Gasteiger partial charge is 0.497 e. The first kappa shape index (κ1) is 22.2. The highest BCUT2D eigenvalue weighted by Crippen LogP contribution is 2.22. The number of ether oxygens (including phenoxy) is 2. The van der Waals surface area contributed by atoms with Gasteiger partial charge in [0.1, 0.15) is 11.5 Å². The molecule has 3 rings (SSSR count). The summed E-state index contributed by atoms with van der Waals surface area (Å²) in [4.78, 5) is 12.2. The van der Waals surface area contributed by atoms with Crippen LogP contribution in [-0.4, -0.2) is 28.0 Å². The monoisotopic (exact) mass is 440 g/mol. The van der Waals surface area contributed by atoms with Gasteiger partial charge >= 0.3 is 0 Å². The number of anilines is 2. The predicted octanol–water partition coefficient (Wildman–Crippen LogP) is 4.13. The number of carbonyl (C=O) groups is 1.